The molecule has 0 aromatic rings. The third kappa shape index (κ3) is 7.13. The van der Waals surface area contributed by atoms with E-state index in [4.69, 9.17) is 5.73 Å². The Kier molecular flexibility index (Phi) is 7.32. The van der Waals surface area contributed by atoms with Crippen molar-refractivity contribution < 1.29 is 13.2 Å². The zero-order valence-electron chi connectivity index (χ0n) is 11.8. The second kappa shape index (κ2) is 7.45. The fourth-order valence-electron chi connectivity index (χ4n) is 2.16. The molecule has 2 unspecified atom stereocenters. The topological polar surface area (TPSA) is 80.5 Å². The van der Waals surface area contributed by atoms with Gasteiger partial charge in [0.2, 0.25) is 5.91 Å². The lowest BCUT2D eigenvalue weighted by Crippen LogP contribution is -2.44. The van der Waals surface area contributed by atoms with E-state index in [1.807, 2.05) is 13.8 Å². The van der Waals surface area contributed by atoms with Crippen molar-refractivity contribution in [3.63, 3.8) is 0 Å². The summed E-state index contributed by atoms with van der Waals surface area (Å²) < 4.78 is 22.6. The van der Waals surface area contributed by atoms with Gasteiger partial charge in [-0.15, -0.1) is 12.4 Å². The van der Waals surface area contributed by atoms with Crippen molar-refractivity contribution in [3.8, 4) is 0 Å². The van der Waals surface area contributed by atoms with Crippen LogP contribution in [-0.2, 0) is 14.6 Å². The summed E-state index contributed by atoms with van der Waals surface area (Å²) in [6, 6.07) is -0.00405. The first-order valence-electron chi connectivity index (χ1n) is 6.45. The van der Waals surface area contributed by atoms with E-state index < -0.39 is 9.84 Å². The van der Waals surface area contributed by atoms with Crippen LogP contribution in [0.1, 0.15) is 39.5 Å². The van der Waals surface area contributed by atoms with Gasteiger partial charge in [-0.1, -0.05) is 0 Å². The highest BCUT2D eigenvalue weighted by molar-refractivity contribution is 7.90. The van der Waals surface area contributed by atoms with Crippen LogP contribution in [0.3, 0.4) is 0 Å². The Bertz CT molecular complexity index is 394. The summed E-state index contributed by atoms with van der Waals surface area (Å²) >= 11 is 0. The molecule has 1 amide bonds. The van der Waals surface area contributed by atoms with Crippen LogP contribution in [0.15, 0.2) is 0 Å². The lowest BCUT2D eigenvalue weighted by Gasteiger charge is -2.29. The number of amides is 1. The highest BCUT2D eigenvalue weighted by Crippen LogP contribution is 2.29. The summed E-state index contributed by atoms with van der Waals surface area (Å²) in [6.07, 6.45) is 4.23. The highest BCUT2D eigenvalue weighted by atomic mass is 35.5. The summed E-state index contributed by atoms with van der Waals surface area (Å²) in [5, 5.41) is 0. The van der Waals surface area contributed by atoms with Crippen LogP contribution in [0.25, 0.3) is 0 Å². The molecule has 0 aromatic heterocycles. The molecule has 1 aliphatic rings. The molecule has 0 bridgehead atoms. The second-order valence-electron chi connectivity index (χ2n) is 5.49. The quantitative estimate of drug-likeness (QED) is 0.759. The number of carbonyl (C=O) groups is 1. The van der Waals surface area contributed by atoms with E-state index in [-0.39, 0.29) is 42.2 Å². The summed E-state index contributed by atoms with van der Waals surface area (Å²) in [5.41, 5.74) is 5.64. The number of rotatable bonds is 7. The van der Waals surface area contributed by atoms with Gasteiger partial charge in [0.15, 0.2) is 0 Å². The van der Waals surface area contributed by atoms with Gasteiger partial charge in [0.1, 0.15) is 9.84 Å². The molecule has 19 heavy (non-hydrogen) atoms. The molecule has 0 spiro atoms. The van der Waals surface area contributed by atoms with Crippen LogP contribution in [0.2, 0.25) is 0 Å². The Morgan fingerprint density at radius 2 is 1.89 bits per heavy atom. The summed E-state index contributed by atoms with van der Waals surface area (Å²) in [6.45, 7) is 3.68. The molecule has 1 rings (SSSR count). The van der Waals surface area contributed by atoms with Gasteiger partial charge in [-0.25, -0.2) is 8.42 Å². The molecule has 0 aromatic carbocycles. The van der Waals surface area contributed by atoms with Crippen LogP contribution in [0.4, 0.5) is 0 Å². The van der Waals surface area contributed by atoms with Gasteiger partial charge in [0.25, 0.3) is 0 Å². The minimum atomic E-state index is -3.06. The van der Waals surface area contributed by atoms with E-state index in [1.54, 1.807) is 4.90 Å². The molecule has 1 fully saturated rings. The zero-order valence-corrected chi connectivity index (χ0v) is 13.5. The van der Waals surface area contributed by atoms with E-state index >= 15 is 0 Å². The number of nitrogens with two attached hydrogens (primary N) is 1. The molecule has 0 saturated heterocycles. The monoisotopic (exact) mass is 312 g/mol. The van der Waals surface area contributed by atoms with Gasteiger partial charge < -0.3 is 10.6 Å². The third-order valence-corrected chi connectivity index (χ3v) is 4.15. The van der Waals surface area contributed by atoms with Crippen molar-refractivity contribution in [3.05, 3.63) is 0 Å². The van der Waals surface area contributed by atoms with Gasteiger partial charge >= 0.3 is 0 Å². The van der Waals surface area contributed by atoms with Crippen LogP contribution in [-0.4, -0.2) is 49.4 Å². The molecule has 7 heteroatoms. The first kappa shape index (κ1) is 18.7. The molecule has 5 nitrogen and oxygen atoms in total. The predicted molar refractivity (Wildman–Crippen MR) is 79.2 cm³/mol. The number of halogens is 1. The van der Waals surface area contributed by atoms with E-state index in [2.05, 4.69) is 0 Å². The SMILES string of the molecule is CC(N)CCC(=O)N(C(C)CS(C)(=O)=O)C1CC1.Cl. The van der Waals surface area contributed by atoms with Gasteiger partial charge in [0.05, 0.1) is 5.75 Å². The van der Waals surface area contributed by atoms with Crippen molar-refractivity contribution in [2.24, 2.45) is 5.73 Å². The molecule has 0 aliphatic heterocycles. The van der Waals surface area contributed by atoms with E-state index in [0.29, 0.717) is 12.8 Å². The van der Waals surface area contributed by atoms with Crippen molar-refractivity contribution in [2.45, 2.75) is 57.7 Å². The smallest absolute Gasteiger partial charge is 0.223 e. The normalized spacial score (nSPS) is 18.3. The van der Waals surface area contributed by atoms with Crippen LogP contribution < -0.4 is 5.73 Å². The number of carbonyl (C=O) groups excluding carboxylic acids is 1. The first-order valence-corrected chi connectivity index (χ1v) is 8.51. The molecule has 114 valence electrons. The Balaban J connectivity index is 0.00000324. The average Bonchev–Trinajstić information content (AvgIpc) is 2.96. The van der Waals surface area contributed by atoms with Crippen molar-refractivity contribution in [1.82, 2.24) is 4.90 Å². The molecule has 0 radical (unpaired) electrons. The summed E-state index contributed by atoms with van der Waals surface area (Å²) in [4.78, 5) is 13.9. The highest BCUT2D eigenvalue weighted by Gasteiger charge is 2.36. The van der Waals surface area contributed by atoms with Gasteiger partial charge in [0, 0.05) is 30.8 Å². The number of sulfone groups is 1. The molecule has 2 atom stereocenters. The first-order chi connectivity index (χ1) is 8.20. The Morgan fingerprint density at radius 1 is 1.37 bits per heavy atom. The van der Waals surface area contributed by atoms with Crippen LogP contribution >= 0.6 is 12.4 Å². The zero-order chi connectivity index (χ0) is 13.9. The van der Waals surface area contributed by atoms with Crippen molar-refractivity contribution in [1.29, 1.82) is 0 Å². The lowest BCUT2D eigenvalue weighted by molar-refractivity contribution is -0.133. The standard InChI is InChI=1S/C12H24N2O3S.ClH/c1-9(13)4-7-12(15)14(11-5-6-11)10(2)8-18(3,16)17;/h9-11H,4-8,13H2,1-3H3;1H. The Hall–Kier alpha value is -0.330. The van der Waals surface area contributed by atoms with Crippen LogP contribution in [0, 0.1) is 0 Å². The number of hydrogen-bond acceptors (Lipinski definition) is 4. The van der Waals surface area contributed by atoms with Crippen molar-refractivity contribution in [2.75, 3.05) is 12.0 Å². The minimum Gasteiger partial charge on any atom is -0.336 e. The number of hydrogen-bond donors (Lipinski definition) is 1. The maximum atomic E-state index is 12.1. The van der Waals surface area contributed by atoms with Gasteiger partial charge in [-0.2, -0.15) is 0 Å². The largest absolute Gasteiger partial charge is 0.336 e. The molecule has 2 N–H and O–H groups in total. The average molecular weight is 313 g/mol. The molecular formula is C12H25ClN2O3S. The fraction of sp³-hybridized carbons (Fsp3) is 0.917. The Morgan fingerprint density at radius 3 is 2.26 bits per heavy atom. The molecule has 0 heterocycles. The van der Waals surface area contributed by atoms with E-state index in [0.717, 1.165) is 12.8 Å². The molecular weight excluding hydrogens is 288 g/mol. The second-order valence-corrected chi connectivity index (χ2v) is 7.67. The molecule has 1 saturated carbocycles. The van der Waals surface area contributed by atoms with E-state index in [9.17, 15) is 13.2 Å². The van der Waals surface area contributed by atoms with E-state index in [1.165, 1.54) is 6.26 Å². The minimum absolute atomic E-state index is 0. The maximum absolute atomic E-state index is 12.1. The third-order valence-electron chi connectivity index (χ3n) is 3.06. The lowest BCUT2D eigenvalue weighted by atomic mass is 10.1. The predicted octanol–water partition coefficient (Wildman–Crippen LogP) is 0.960. The summed E-state index contributed by atoms with van der Waals surface area (Å²) in [5.74, 6) is 0.0684. The van der Waals surface area contributed by atoms with Crippen molar-refractivity contribution >= 4 is 28.2 Å². The molecule has 1 aliphatic carbocycles. The van der Waals surface area contributed by atoms with Crippen LogP contribution in [0.5, 0.6) is 0 Å². The van der Waals surface area contributed by atoms with Gasteiger partial charge in [-0.3, -0.25) is 4.79 Å². The fourth-order valence-corrected chi connectivity index (χ4v) is 3.20. The summed E-state index contributed by atoms with van der Waals surface area (Å²) in [7, 11) is -3.06. The number of nitrogens with zero attached hydrogens (tertiary/aromatic N) is 1. The maximum Gasteiger partial charge on any atom is 0.223 e. The Labute approximate surface area is 122 Å². The van der Waals surface area contributed by atoms with Gasteiger partial charge in [-0.05, 0) is 33.1 Å².